The molecule has 0 aromatic heterocycles. The maximum atomic E-state index is 8.67. The van der Waals surface area contributed by atoms with Gasteiger partial charge in [-0.15, -0.1) is 0 Å². The fourth-order valence-corrected chi connectivity index (χ4v) is 8.15. The van der Waals surface area contributed by atoms with Crippen LogP contribution in [0.4, 0.5) is 0 Å². The van der Waals surface area contributed by atoms with Crippen LogP contribution in [0.5, 0.6) is 0 Å². The molecule has 0 N–H and O–H groups in total. The Bertz CT molecular complexity index is 2520. The second-order valence-corrected chi connectivity index (χ2v) is 11.9. The Balaban J connectivity index is 1.37. The highest BCUT2D eigenvalue weighted by molar-refractivity contribution is 8.03. The Morgan fingerprint density at radius 1 is 0.659 bits per heavy atom. The topological polar surface area (TPSA) is 0 Å². The molecule has 41 heavy (non-hydrogen) atoms. The van der Waals surface area contributed by atoms with Crippen molar-refractivity contribution in [1.82, 2.24) is 0 Å². The molecule has 0 bridgehead atoms. The molecule has 9 rings (SSSR count). The number of hydrogen-bond acceptors (Lipinski definition) is 1. The van der Waals surface area contributed by atoms with Gasteiger partial charge in [-0.2, -0.15) is 0 Å². The molecule has 0 spiro atoms. The van der Waals surface area contributed by atoms with E-state index in [1.807, 2.05) is 23.9 Å². The summed E-state index contributed by atoms with van der Waals surface area (Å²) in [5.74, 6) is 0.384. The maximum Gasteiger partial charge on any atom is 0.0629 e. The van der Waals surface area contributed by atoms with Gasteiger partial charge < -0.3 is 0 Å². The third-order valence-electron chi connectivity index (χ3n) is 8.69. The van der Waals surface area contributed by atoms with Crippen molar-refractivity contribution in [3.05, 3.63) is 150 Å². The first-order valence-electron chi connectivity index (χ1n) is 16.5. The van der Waals surface area contributed by atoms with Gasteiger partial charge in [0.2, 0.25) is 0 Å². The molecule has 0 saturated carbocycles. The summed E-state index contributed by atoms with van der Waals surface area (Å²) >= 11 is 1.89. The zero-order valence-corrected chi connectivity index (χ0v) is 22.9. The standard InChI is InChI=1S/C40H26S/c1-2-10-25(11-3-1)27-15-8-16-29-30(27)20-21-35-36(29)24-26-12-4-5-13-28(26)39(35)34-22-23-38-40-32(17-9-18-33(34)40)31-14-6-7-19-37(31)41-38/h1-13,15-24,31H,14H2/i1D,2D,3D,10D,11D. The monoisotopic (exact) mass is 543 g/mol. The molecule has 1 unspecified atom stereocenters. The van der Waals surface area contributed by atoms with Crippen LogP contribution in [0.25, 0.3) is 65.3 Å². The minimum atomic E-state index is -0.382. The minimum absolute atomic E-state index is 0.189. The fourth-order valence-electron chi connectivity index (χ4n) is 6.92. The Labute approximate surface area is 250 Å². The van der Waals surface area contributed by atoms with Crippen molar-refractivity contribution in [2.24, 2.45) is 0 Å². The Kier molecular flexibility index (Phi) is 4.09. The van der Waals surface area contributed by atoms with Crippen LogP contribution in [0.1, 0.15) is 24.8 Å². The lowest BCUT2D eigenvalue weighted by Gasteiger charge is -2.29. The number of rotatable bonds is 2. The average Bonchev–Trinajstić information content (AvgIpc) is 3.09. The molecule has 1 aliphatic carbocycles. The molecule has 7 aromatic carbocycles. The lowest BCUT2D eigenvalue weighted by atomic mass is 9.84. The molecule has 2 aliphatic rings. The summed E-state index contributed by atoms with van der Waals surface area (Å²) in [6, 6.07) is 30.7. The van der Waals surface area contributed by atoms with Crippen LogP contribution in [0.15, 0.2) is 149 Å². The van der Waals surface area contributed by atoms with Gasteiger partial charge in [0.15, 0.2) is 0 Å². The highest BCUT2D eigenvalue weighted by Crippen LogP contribution is 2.53. The van der Waals surface area contributed by atoms with E-state index >= 15 is 0 Å². The summed E-state index contributed by atoms with van der Waals surface area (Å²) in [5.41, 5.74) is 4.63. The summed E-state index contributed by atoms with van der Waals surface area (Å²) in [6.45, 7) is 0. The van der Waals surface area contributed by atoms with Crippen molar-refractivity contribution in [3.63, 3.8) is 0 Å². The van der Waals surface area contributed by atoms with Crippen LogP contribution in [0, 0.1) is 0 Å². The van der Waals surface area contributed by atoms with Gasteiger partial charge in [0, 0.05) is 16.2 Å². The van der Waals surface area contributed by atoms with Crippen molar-refractivity contribution in [1.29, 1.82) is 0 Å². The molecule has 0 saturated heterocycles. The van der Waals surface area contributed by atoms with Gasteiger partial charge >= 0.3 is 0 Å². The van der Waals surface area contributed by atoms with Crippen molar-refractivity contribution >= 4 is 54.9 Å². The van der Waals surface area contributed by atoms with Gasteiger partial charge in [-0.05, 0) is 89.0 Å². The minimum Gasteiger partial charge on any atom is -0.0932 e. The van der Waals surface area contributed by atoms with E-state index in [0.717, 1.165) is 33.4 Å². The third-order valence-corrected chi connectivity index (χ3v) is 9.91. The first-order chi connectivity index (χ1) is 22.4. The van der Waals surface area contributed by atoms with Gasteiger partial charge in [0.05, 0.1) is 6.85 Å². The van der Waals surface area contributed by atoms with Gasteiger partial charge in [-0.3, -0.25) is 0 Å². The predicted molar refractivity (Wildman–Crippen MR) is 178 cm³/mol. The van der Waals surface area contributed by atoms with E-state index in [1.54, 1.807) is 0 Å². The van der Waals surface area contributed by atoms with Crippen LogP contribution in [-0.4, -0.2) is 0 Å². The van der Waals surface area contributed by atoms with E-state index in [2.05, 4.69) is 97.1 Å². The second-order valence-electron chi connectivity index (χ2n) is 10.8. The first-order valence-corrected chi connectivity index (χ1v) is 14.8. The zero-order valence-electron chi connectivity index (χ0n) is 27.1. The van der Waals surface area contributed by atoms with Gasteiger partial charge in [0.25, 0.3) is 0 Å². The Hall–Kier alpha value is -4.59. The zero-order chi connectivity index (χ0) is 31.3. The predicted octanol–water partition coefficient (Wildman–Crippen LogP) is 11.7. The number of benzene rings is 7. The van der Waals surface area contributed by atoms with Crippen LogP contribution in [-0.2, 0) is 0 Å². The molecule has 0 radical (unpaired) electrons. The summed E-state index contributed by atoms with van der Waals surface area (Å²) in [7, 11) is 0. The van der Waals surface area contributed by atoms with E-state index in [4.69, 9.17) is 6.85 Å². The molecule has 1 heterocycles. The van der Waals surface area contributed by atoms with Gasteiger partial charge in [0.1, 0.15) is 0 Å². The molecular weight excluding hydrogens is 513 g/mol. The molecule has 0 amide bonds. The summed E-state index contributed by atoms with van der Waals surface area (Å²) in [6.07, 6.45) is 7.72. The van der Waals surface area contributed by atoms with E-state index in [0.29, 0.717) is 11.5 Å². The number of allylic oxidation sites excluding steroid dienone is 4. The Morgan fingerprint density at radius 3 is 2.44 bits per heavy atom. The third kappa shape index (κ3) is 3.43. The lowest BCUT2D eigenvalue weighted by Crippen LogP contribution is -2.07. The molecule has 1 aliphatic heterocycles. The number of fused-ring (bicyclic) bond motifs is 6. The molecule has 0 fully saturated rings. The van der Waals surface area contributed by atoms with Crippen molar-refractivity contribution in [3.8, 4) is 22.3 Å². The van der Waals surface area contributed by atoms with E-state index < -0.39 is 0 Å². The van der Waals surface area contributed by atoms with Crippen molar-refractivity contribution in [2.45, 2.75) is 17.2 Å². The quantitative estimate of drug-likeness (QED) is 0.154. The molecule has 192 valence electrons. The van der Waals surface area contributed by atoms with Crippen molar-refractivity contribution in [2.75, 3.05) is 0 Å². The van der Waals surface area contributed by atoms with Crippen molar-refractivity contribution < 1.29 is 6.85 Å². The van der Waals surface area contributed by atoms with E-state index in [-0.39, 0.29) is 35.8 Å². The molecule has 1 heteroatoms. The number of hydrogen-bond donors (Lipinski definition) is 0. The van der Waals surface area contributed by atoms with Crippen LogP contribution in [0.2, 0.25) is 0 Å². The Morgan fingerprint density at radius 2 is 1.49 bits per heavy atom. The van der Waals surface area contributed by atoms with E-state index in [1.165, 1.54) is 42.6 Å². The molecule has 1 atom stereocenters. The molecular formula is C40H26S. The largest absolute Gasteiger partial charge is 0.0932 e. The van der Waals surface area contributed by atoms with Gasteiger partial charge in [-0.25, -0.2) is 0 Å². The molecule has 0 nitrogen and oxygen atoms in total. The summed E-state index contributed by atoms with van der Waals surface area (Å²) in [4.78, 5) is 2.71. The SMILES string of the molecule is [2H]c1c([2H])c([2H])c(-c2cccc3c2ccc2c(-c4ccc5c6c(cccc46)C4CC=CC=C4S5)c4ccccc4cc23)c([2H])c1[2H]. The average molecular weight is 544 g/mol. The number of thioether (sulfide) groups is 1. The summed E-state index contributed by atoms with van der Waals surface area (Å²) < 4.78 is 42.0. The fraction of sp³-hybridized carbons (Fsp3) is 0.0500. The first kappa shape index (κ1) is 18.7. The van der Waals surface area contributed by atoms with Crippen LogP contribution in [0.3, 0.4) is 0 Å². The lowest BCUT2D eigenvalue weighted by molar-refractivity contribution is 0.842. The highest BCUT2D eigenvalue weighted by atomic mass is 32.2. The van der Waals surface area contributed by atoms with Crippen LogP contribution >= 0.6 is 11.8 Å². The summed E-state index contributed by atoms with van der Waals surface area (Å²) in [5, 5.41) is 8.93. The highest BCUT2D eigenvalue weighted by Gasteiger charge is 2.28. The molecule has 7 aromatic rings. The second kappa shape index (κ2) is 8.96. The van der Waals surface area contributed by atoms with E-state index in [9.17, 15) is 0 Å². The smallest absolute Gasteiger partial charge is 0.0629 e. The van der Waals surface area contributed by atoms with Gasteiger partial charge in [-0.1, -0.05) is 139 Å². The normalized spacial score (nSPS) is 17.6. The van der Waals surface area contributed by atoms with Crippen LogP contribution < -0.4 is 0 Å². The maximum absolute atomic E-state index is 8.67.